The monoisotopic (exact) mass is 483 g/mol. The van der Waals surface area contributed by atoms with Gasteiger partial charge in [-0.15, -0.1) is 0 Å². The van der Waals surface area contributed by atoms with E-state index in [2.05, 4.69) is 31.3 Å². The van der Waals surface area contributed by atoms with Crippen molar-refractivity contribution in [3.63, 3.8) is 0 Å². The van der Waals surface area contributed by atoms with Crippen LogP contribution in [0.15, 0.2) is 58.5 Å². The number of fused-ring (bicyclic) bond motifs is 1. The van der Waals surface area contributed by atoms with E-state index < -0.39 is 11.9 Å². The van der Waals surface area contributed by atoms with Crippen molar-refractivity contribution >= 4 is 27.8 Å². The van der Waals surface area contributed by atoms with Crippen LogP contribution in [0.4, 0.5) is 5.95 Å². The van der Waals surface area contributed by atoms with Gasteiger partial charge in [0.25, 0.3) is 0 Å². The lowest BCUT2D eigenvalue weighted by atomic mass is 9.95. The number of hydrogen-bond acceptors (Lipinski definition) is 6. The number of hydrogen-bond donors (Lipinski definition) is 2. The molecule has 1 amide bonds. The van der Waals surface area contributed by atoms with E-state index in [1.54, 1.807) is 18.7 Å². The molecule has 0 saturated carbocycles. The second-order valence-corrected chi connectivity index (χ2v) is 8.12. The molecule has 0 saturated heterocycles. The second kappa shape index (κ2) is 8.43. The number of nitrogens with zero attached hydrogens (tertiary/aromatic N) is 3. The van der Waals surface area contributed by atoms with Crippen LogP contribution in [0.3, 0.4) is 0 Å². The maximum absolute atomic E-state index is 12.3. The van der Waals surface area contributed by atoms with Crippen molar-refractivity contribution in [1.82, 2.24) is 14.8 Å². The molecule has 1 aromatic heterocycles. The summed E-state index contributed by atoms with van der Waals surface area (Å²) in [7, 11) is 1.57. The Balaban J connectivity index is 1.72. The predicted octanol–water partition coefficient (Wildman–Crippen LogP) is 3.71. The van der Waals surface area contributed by atoms with E-state index in [1.165, 1.54) is 11.9 Å². The molecule has 0 radical (unpaired) electrons. The summed E-state index contributed by atoms with van der Waals surface area (Å²) in [4.78, 5) is 16.5. The van der Waals surface area contributed by atoms with E-state index in [9.17, 15) is 4.79 Å². The number of nitrogens with two attached hydrogens (primary N) is 1. The van der Waals surface area contributed by atoms with Gasteiger partial charge in [-0.2, -0.15) is 10.1 Å². The number of allylic oxidation sites excluding steroid dienone is 1. The van der Waals surface area contributed by atoms with E-state index in [0.717, 1.165) is 11.1 Å². The largest absolute Gasteiger partial charge is 0.493 e. The van der Waals surface area contributed by atoms with Crippen molar-refractivity contribution in [2.24, 2.45) is 5.73 Å². The Hall–Kier alpha value is -3.33. The average Bonchev–Trinajstić information content (AvgIpc) is 3.20. The van der Waals surface area contributed by atoms with Crippen LogP contribution in [0.25, 0.3) is 0 Å². The van der Waals surface area contributed by atoms with Gasteiger partial charge < -0.3 is 20.5 Å². The quantitative estimate of drug-likeness (QED) is 0.553. The fraction of sp³-hybridized carbons (Fsp3) is 0.227. The molecule has 31 heavy (non-hydrogen) atoms. The number of ether oxygens (including phenoxy) is 2. The lowest BCUT2D eigenvalue weighted by Crippen LogP contribution is -2.31. The molecule has 3 aromatic rings. The molecule has 2 heterocycles. The summed E-state index contributed by atoms with van der Waals surface area (Å²) in [6, 6.07) is 11.3. The smallest absolute Gasteiger partial charge is 0.248 e. The van der Waals surface area contributed by atoms with Crippen LogP contribution >= 0.6 is 15.9 Å². The van der Waals surface area contributed by atoms with E-state index >= 15 is 0 Å². The Morgan fingerprint density at radius 2 is 2.00 bits per heavy atom. The minimum atomic E-state index is -0.549. The Bertz CT molecular complexity index is 1170. The Labute approximate surface area is 188 Å². The normalized spacial score (nSPS) is 15.3. The fourth-order valence-corrected chi connectivity index (χ4v) is 4.17. The second-order valence-electron chi connectivity index (χ2n) is 7.27. The molecule has 9 heteroatoms. The number of aromatic nitrogens is 3. The molecule has 0 fully saturated rings. The zero-order chi connectivity index (χ0) is 22.1. The number of halogens is 1. The van der Waals surface area contributed by atoms with E-state index in [0.29, 0.717) is 39.8 Å². The zero-order valence-electron chi connectivity index (χ0n) is 17.3. The van der Waals surface area contributed by atoms with Gasteiger partial charge in [0.2, 0.25) is 11.9 Å². The highest BCUT2D eigenvalue weighted by Gasteiger charge is 2.33. The minimum absolute atomic E-state index is 0.390. The molecule has 0 bridgehead atoms. The van der Waals surface area contributed by atoms with Gasteiger partial charge in [0.15, 0.2) is 11.5 Å². The molecule has 4 rings (SSSR count). The van der Waals surface area contributed by atoms with Crippen LogP contribution in [0.1, 0.15) is 29.7 Å². The van der Waals surface area contributed by atoms with Crippen molar-refractivity contribution in [1.29, 1.82) is 0 Å². The standard InChI is InChI=1S/C22H22BrN5O3/c1-12-4-6-14(7-5-12)10-31-20-16(23)8-15(9-17(20)30-3)19-18(21(24)29)13(2)27-22-25-11-26-28(19)22/h4-9,11,19H,10H2,1-3H3,(H2,24,29)(H,25,26,27)/t19-/m1/s1. The molecule has 160 valence electrons. The molecule has 0 unspecified atom stereocenters. The average molecular weight is 484 g/mol. The third-order valence-corrected chi connectivity index (χ3v) is 5.72. The van der Waals surface area contributed by atoms with Gasteiger partial charge >= 0.3 is 0 Å². The molecule has 0 spiro atoms. The highest BCUT2D eigenvalue weighted by Crippen LogP contribution is 2.42. The van der Waals surface area contributed by atoms with Crippen LogP contribution < -0.4 is 20.5 Å². The van der Waals surface area contributed by atoms with Crippen molar-refractivity contribution in [3.05, 3.63) is 75.2 Å². The minimum Gasteiger partial charge on any atom is -0.493 e. The first-order valence-corrected chi connectivity index (χ1v) is 10.4. The number of aryl methyl sites for hydroxylation is 1. The van der Waals surface area contributed by atoms with Gasteiger partial charge in [-0.1, -0.05) is 29.8 Å². The topological polar surface area (TPSA) is 104 Å². The molecule has 3 N–H and O–H groups in total. The van der Waals surface area contributed by atoms with Crippen LogP contribution in [0, 0.1) is 6.92 Å². The summed E-state index contributed by atoms with van der Waals surface area (Å²) in [6.07, 6.45) is 1.43. The first kappa shape index (κ1) is 20.9. The number of carbonyl (C=O) groups is 1. The van der Waals surface area contributed by atoms with Crippen LogP contribution in [0.5, 0.6) is 11.5 Å². The summed E-state index contributed by atoms with van der Waals surface area (Å²) in [5.41, 5.74) is 9.73. The number of rotatable bonds is 6. The third-order valence-electron chi connectivity index (χ3n) is 5.13. The zero-order valence-corrected chi connectivity index (χ0v) is 18.9. The van der Waals surface area contributed by atoms with E-state index in [4.69, 9.17) is 15.2 Å². The molecular weight excluding hydrogens is 462 g/mol. The van der Waals surface area contributed by atoms with Crippen molar-refractivity contribution in [2.75, 3.05) is 12.4 Å². The van der Waals surface area contributed by atoms with Crippen LogP contribution in [-0.2, 0) is 11.4 Å². The van der Waals surface area contributed by atoms with E-state index in [-0.39, 0.29) is 0 Å². The molecule has 1 atom stereocenters. The van der Waals surface area contributed by atoms with Gasteiger partial charge in [0, 0.05) is 5.70 Å². The Morgan fingerprint density at radius 3 is 2.68 bits per heavy atom. The van der Waals surface area contributed by atoms with Crippen LogP contribution in [0.2, 0.25) is 0 Å². The number of carbonyl (C=O) groups excluding carboxylic acids is 1. The fourth-order valence-electron chi connectivity index (χ4n) is 3.60. The lowest BCUT2D eigenvalue weighted by Gasteiger charge is -2.28. The van der Waals surface area contributed by atoms with Gasteiger partial charge in [-0.05, 0) is 53.0 Å². The summed E-state index contributed by atoms with van der Waals surface area (Å²) in [5, 5.41) is 7.35. The van der Waals surface area contributed by atoms with Gasteiger partial charge in [0.1, 0.15) is 19.0 Å². The molecule has 1 aliphatic heterocycles. The Morgan fingerprint density at radius 1 is 1.26 bits per heavy atom. The predicted molar refractivity (Wildman–Crippen MR) is 120 cm³/mol. The third kappa shape index (κ3) is 4.00. The summed E-state index contributed by atoms with van der Waals surface area (Å²) in [6.45, 7) is 4.22. The Kier molecular flexibility index (Phi) is 5.69. The summed E-state index contributed by atoms with van der Waals surface area (Å²) < 4.78 is 14.0. The number of amides is 1. The van der Waals surface area contributed by atoms with Gasteiger partial charge in [-0.25, -0.2) is 4.68 Å². The first-order valence-electron chi connectivity index (χ1n) is 9.62. The lowest BCUT2D eigenvalue weighted by molar-refractivity contribution is -0.115. The molecule has 1 aliphatic rings. The number of methoxy groups -OCH3 is 1. The highest BCUT2D eigenvalue weighted by molar-refractivity contribution is 9.10. The van der Waals surface area contributed by atoms with E-state index in [1.807, 2.05) is 43.3 Å². The maximum Gasteiger partial charge on any atom is 0.248 e. The number of primary amides is 1. The molecule has 8 nitrogen and oxygen atoms in total. The van der Waals surface area contributed by atoms with Crippen molar-refractivity contribution in [3.8, 4) is 11.5 Å². The first-order chi connectivity index (χ1) is 14.9. The number of nitrogens with one attached hydrogen (secondary N) is 1. The van der Waals surface area contributed by atoms with Crippen LogP contribution in [-0.4, -0.2) is 27.8 Å². The molecular formula is C22H22BrN5O3. The summed E-state index contributed by atoms with van der Waals surface area (Å²) in [5.74, 6) is 1.09. The molecule has 2 aromatic carbocycles. The van der Waals surface area contributed by atoms with Gasteiger partial charge in [-0.3, -0.25) is 4.79 Å². The number of benzene rings is 2. The van der Waals surface area contributed by atoms with Gasteiger partial charge in [0.05, 0.1) is 17.2 Å². The highest BCUT2D eigenvalue weighted by atomic mass is 79.9. The maximum atomic E-state index is 12.3. The summed E-state index contributed by atoms with van der Waals surface area (Å²) >= 11 is 3.60. The van der Waals surface area contributed by atoms with Crippen molar-refractivity contribution in [2.45, 2.75) is 26.5 Å². The SMILES string of the molecule is COc1cc([C@@H]2C(C(N)=O)=C(C)Nc3ncnn32)cc(Br)c1OCc1ccc(C)cc1. The molecule has 0 aliphatic carbocycles. The van der Waals surface area contributed by atoms with Crippen molar-refractivity contribution < 1.29 is 14.3 Å². The number of anilines is 1.